The first-order valence-electron chi connectivity index (χ1n) is 8.86. The Bertz CT molecular complexity index is 616. The summed E-state index contributed by atoms with van der Waals surface area (Å²) in [5, 5.41) is 0.393. The van der Waals surface area contributed by atoms with Crippen LogP contribution >= 0.6 is 11.6 Å². The minimum Gasteiger partial charge on any atom is -0.495 e. The predicted molar refractivity (Wildman–Crippen MR) is 104 cm³/mol. The molecule has 0 fully saturated rings. The van der Waals surface area contributed by atoms with Crippen molar-refractivity contribution in [2.45, 2.75) is 40.0 Å². The maximum absolute atomic E-state index is 12.5. The standard InChI is InChI=1S/C19H29ClN2O4/c1-6-9-21(10-7-2)19(24)8-11-22(14(3)23)16-13-17(25-4)15(20)12-18(16)26-5/h12-13H,6-11H2,1-5H3. The summed E-state index contributed by atoms with van der Waals surface area (Å²) >= 11 is 6.13. The van der Waals surface area contributed by atoms with Crippen LogP contribution < -0.4 is 14.4 Å². The molecule has 0 unspecified atom stereocenters. The molecule has 1 aromatic rings. The summed E-state index contributed by atoms with van der Waals surface area (Å²) in [6, 6.07) is 3.26. The van der Waals surface area contributed by atoms with Gasteiger partial charge in [-0.2, -0.15) is 0 Å². The average Bonchev–Trinajstić information content (AvgIpc) is 2.61. The summed E-state index contributed by atoms with van der Waals surface area (Å²) in [6.07, 6.45) is 2.06. The summed E-state index contributed by atoms with van der Waals surface area (Å²) in [5.74, 6) is 0.758. The van der Waals surface area contributed by atoms with Crippen molar-refractivity contribution < 1.29 is 19.1 Å². The summed E-state index contributed by atoms with van der Waals surface area (Å²) < 4.78 is 10.6. The lowest BCUT2D eigenvalue weighted by atomic mass is 10.2. The van der Waals surface area contributed by atoms with Crippen molar-refractivity contribution in [3.05, 3.63) is 17.2 Å². The Hall–Kier alpha value is -1.95. The Balaban J connectivity index is 3.03. The van der Waals surface area contributed by atoms with Crippen molar-refractivity contribution in [2.24, 2.45) is 0 Å². The second-order valence-corrected chi connectivity index (χ2v) is 6.37. The summed E-state index contributed by atoms with van der Waals surface area (Å²) in [6.45, 7) is 7.26. The number of hydrogen-bond acceptors (Lipinski definition) is 4. The zero-order valence-electron chi connectivity index (χ0n) is 16.3. The van der Waals surface area contributed by atoms with Gasteiger partial charge in [0.1, 0.15) is 11.5 Å². The van der Waals surface area contributed by atoms with E-state index in [0.29, 0.717) is 22.2 Å². The molecule has 1 rings (SSSR count). The molecule has 6 nitrogen and oxygen atoms in total. The van der Waals surface area contributed by atoms with Crippen LogP contribution in [0.1, 0.15) is 40.0 Å². The van der Waals surface area contributed by atoms with Crippen LogP contribution in [0.3, 0.4) is 0 Å². The second kappa shape index (κ2) is 10.9. The fourth-order valence-electron chi connectivity index (χ4n) is 2.77. The number of rotatable bonds is 10. The summed E-state index contributed by atoms with van der Waals surface area (Å²) in [7, 11) is 3.02. The molecule has 0 atom stereocenters. The van der Waals surface area contributed by atoms with Crippen molar-refractivity contribution >= 4 is 29.1 Å². The number of carbonyl (C=O) groups excluding carboxylic acids is 2. The van der Waals surface area contributed by atoms with Crippen molar-refractivity contribution in [3.63, 3.8) is 0 Å². The molecule has 0 aliphatic heterocycles. The molecule has 0 spiro atoms. The average molecular weight is 385 g/mol. The molecule has 26 heavy (non-hydrogen) atoms. The molecule has 146 valence electrons. The van der Waals surface area contributed by atoms with Crippen LogP contribution in [-0.2, 0) is 9.59 Å². The monoisotopic (exact) mass is 384 g/mol. The number of amides is 2. The van der Waals surface area contributed by atoms with Gasteiger partial charge in [-0.1, -0.05) is 25.4 Å². The fraction of sp³-hybridized carbons (Fsp3) is 0.579. The van der Waals surface area contributed by atoms with Crippen molar-refractivity contribution in [2.75, 3.05) is 38.8 Å². The van der Waals surface area contributed by atoms with Crippen LogP contribution in [0.5, 0.6) is 11.5 Å². The van der Waals surface area contributed by atoms with E-state index in [1.54, 1.807) is 12.1 Å². The highest BCUT2D eigenvalue weighted by Crippen LogP contribution is 2.38. The first-order chi connectivity index (χ1) is 12.4. The van der Waals surface area contributed by atoms with E-state index >= 15 is 0 Å². The van der Waals surface area contributed by atoms with Gasteiger partial charge in [0.15, 0.2) is 0 Å². The normalized spacial score (nSPS) is 10.4. The van der Waals surface area contributed by atoms with Crippen LogP contribution in [0, 0.1) is 0 Å². The molecular formula is C19H29ClN2O4. The number of nitrogens with zero attached hydrogens (tertiary/aromatic N) is 2. The van der Waals surface area contributed by atoms with Gasteiger partial charge >= 0.3 is 0 Å². The maximum Gasteiger partial charge on any atom is 0.224 e. The van der Waals surface area contributed by atoms with Gasteiger partial charge < -0.3 is 19.3 Å². The molecule has 1 aromatic carbocycles. The first kappa shape index (κ1) is 22.1. The number of halogens is 1. The lowest BCUT2D eigenvalue weighted by Crippen LogP contribution is -2.37. The Morgan fingerprint density at radius 2 is 1.58 bits per heavy atom. The van der Waals surface area contributed by atoms with E-state index in [9.17, 15) is 9.59 Å². The molecule has 7 heteroatoms. The Morgan fingerprint density at radius 1 is 1.00 bits per heavy atom. The molecule has 2 amide bonds. The number of carbonyl (C=O) groups is 2. The predicted octanol–water partition coefficient (Wildman–Crippen LogP) is 3.75. The van der Waals surface area contributed by atoms with Gasteiger partial charge in [-0.15, -0.1) is 0 Å². The van der Waals surface area contributed by atoms with E-state index in [1.807, 2.05) is 18.7 Å². The number of anilines is 1. The van der Waals surface area contributed by atoms with Gasteiger partial charge in [-0.3, -0.25) is 9.59 Å². The topological polar surface area (TPSA) is 59.1 Å². The summed E-state index contributed by atoms with van der Waals surface area (Å²) in [4.78, 5) is 28.1. The van der Waals surface area contributed by atoms with Crippen LogP contribution in [0.25, 0.3) is 0 Å². The number of benzene rings is 1. The van der Waals surface area contributed by atoms with Gasteiger partial charge in [-0.05, 0) is 12.8 Å². The molecule has 0 aromatic heterocycles. The SMILES string of the molecule is CCCN(CCC)C(=O)CCN(C(C)=O)c1cc(OC)c(Cl)cc1OC. The van der Waals surface area contributed by atoms with Gasteiger partial charge in [0.05, 0.1) is 24.9 Å². The molecule has 0 N–H and O–H groups in total. The van der Waals surface area contributed by atoms with Crippen molar-refractivity contribution in [3.8, 4) is 11.5 Å². The number of methoxy groups -OCH3 is 2. The largest absolute Gasteiger partial charge is 0.495 e. The molecule has 0 aliphatic rings. The Labute approximate surface area is 161 Å². The Morgan fingerprint density at radius 3 is 2.04 bits per heavy atom. The second-order valence-electron chi connectivity index (χ2n) is 5.96. The molecule has 0 aliphatic carbocycles. The van der Waals surface area contributed by atoms with Gasteiger partial charge in [0, 0.05) is 45.1 Å². The molecular weight excluding hydrogens is 356 g/mol. The smallest absolute Gasteiger partial charge is 0.224 e. The minimum absolute atomic E-state index is 0.0415. The minimum atomic E-state index is -0.182. The van der Waals surface area contributed by atoms with Crippen LogP contribution in [0.4, 0.5) is 5.69 Å². The third-order valence-corrected chi connectivity index (χ3v) is 4.31. The molecule has 0 radical (unpaired) electrons. The Kier molecular flexibility index (Phi) is 9.27. The van der Waals surface area contributed by atoms with E-state index in [1.165, 1.54) is 26.0 Å². The zero-order chi connectivity index (χ0) is 19.7. The highest BCUT2D eigenvalue weighted by atomic mass is 35.5. The molecule has 0 bridgehead atoms. The van der Waals surface area contributed by atoms with E-state index in [-0.39, 0.29) is 24.8 Å². The highest BCUT2D eigenvalue weighted by Gasteiger charge is 2.21. The van der Waals surface area contributed by atoms with E-state index in [2.05, 4.69) is 0 Å². The quantitative estimate of drug-likeness (QED) is 0.616. The van der Waals surface area contributed by atoms with E-state index < -0.39 is 0 Å². The highest BCUT2D eigenvalue weighted by molar-refractivity contribution is 6.32. The van der Waals surface area contributed by atoms with Gasteiger partial charge in [0.2, 0.25) is 11.8 Å². The number of ether oxygens (including phenoxy) is 2. The zero-order valence-corrected chi connectivity index (χ0v) is 17.1. The lowest BCUT2D eigenvalue weighted by molar-refractivity contribution is -0.131. The molecule has 0 heterocycles. The number of hydrogen-bond donors (Lipinski definition) is 0. The van der Waals surface area contributed by atoms with Crippen molar-refractivity contribution in [1.82, 2.24) is 4.90 Å². The van der Waals surface area contributed by atoms with Gasteiger partial charge in [0.25, 0.3) is 0 Å². The molecule has 0 saturated heterocycles. The van der Waals surface area contributed by atoms with E-state index in [0.717, 1.165) is 25.9 Å². The third-order valence-electron chi connectivity index (χ3n) is 4.01. The first-order valence-corrected chi connectivity index (χ1v) is 9.24. The van der Waals surface area contributed by atoms with Crippen LogP contribution in [0.2, 0.25) is 5.02 Å². The fourth-order valence-corrected chi connectivity index (χ4v) is 3.00. The third kappa shape index (κ3) is 5.80. The van der Waals surface area contributed by atoms with E-state index in [4.69, 9.17) is 21.1 Å². The maximum atomic E-state index is 12.5. The van der Waals surface area contributed by atoms with Crippen LogP contribution in [0.15, 0.2) is 12.1 Å². The van der Waals surface area contributed by atoms with Gasteiger partial charge in [-0.25, -0.2) is 0 Å². The van der Waals surface area contributed by atoms with Crippen molar-refractivity contribution in [1.29, 1.82) is 0 Å². The molecule has 0 saturated carbocycles. The summed E-state index contributed by atoms with van der Waals surface area (Å²) in [5.41, 5.74) is 0.534. The van der Waals surface area contributed by atoms with Crippen LogP contribution in [-0.4, -0.2) is 50.6 Å². The lowest BCUT2D eigenvalue weighted by Gasteiger charge is -2.26.